The molecular formula is C9H42O3P6Ru3S3. The van der Waals surface area contributed by atoms with Crippen LogP contribution in [0.5, 0.6) is 0 Å². The van der Waals surface area contributed by atoms with Gasteiger partial charge in [0.25, 0.3) is 0 Å². The molecular weight excluding hydrogens is 741 g/mol. The van der Waals surface area contributed by atoms with Crippen molar-refractivity contribution in [3.8, 4) is 0 Å². The predicted octanol–water partition coefficient (Wildman–Crippen LogP) is 1.41. The second-order valence-electron chi connectivity index (χ2n) is 0. The zero-order chi connectivity index (χ0) is 6.00. The minimum absolute atomic E-state index is 0. The minimum atomic E-state index is 0. The van der Waals surface area contributed by atoms with Crippen LogP contribution in [0.25, 0.3) is 0 Å². The molecule has 168 valence electrons. The summed E-state index contributed by atoms with van der Waals surface area (Å²) >= 11 is 0. The van der Waals surface area contributed by atoms with Gasteiger partial charge in [0.15, 0.2) is 0 Å². The maximum absolute atomic E-state index is 7.75. The normalized spacial score (nSPS) is 0.500. The van der Waals surface area contributed by atoms with E-state index in [1.807, 2.05) is 0 Å². The largest absolute Gasteiger partial charge is 4.00 e. The molecule has 0 amide bonds. The molecule has 0 aromatic rings. The molecule has 15 heteroatoms. The summed E-state index contributed by atoms with van der Waals surface area (Å²) in [6, 6.07) is 0. The molecule has 0 saturated carbocycles. The third-order valence-electron chi connectivity index (χ3n) is 0. The van der Waals surface area contributed by atoms with E-state index in [9.17, 15) is 0 Å². The van der Waals surface area contributed by atoms with Crippen LogP contribution in [0.3, 0.4) is 0 Å². The van der Waals surface area contributed by atoms with Crippen molar-refractivity contribution in [3.63, 3.8) is 0 Å². The fourth-order valence-electron chi connectivity index (χ4n) is 0. The number of hydrogen-bond acceptors (Lipinski definition) is 6. The van der Waals surface area contributed by atoms with Crippen LogP contribution in [0.1, 0.15) is 0 Å². The molecule has 0 fully saturated rings. The second kappa shape index (κ2) is 950. The first-order valence-corrected chi connectivity index (χ1v) is 0.707. The summed E-state index contributed by atoms with van der Waals surface area (Å²) in [5.74, 6) is 0. The quantitative estimate of drug-likeness (QED) is 0.0927. The van der Waals surface area contributed by atoms with Crippen molar-refractivity contribution >= 4 is 120 Å². The maximum Gasteiger partial charge on any atom is 4.00 e. The fourth-order valence-corrected chi connectivity index (χ4v) is 0. The molecule has 0 N–H and O–H groups in total. The Balaban J connectivity index is -0.000000000215. The van der Waals surface area contributed by atoms with E-state index in [4.69, 9.17) is 14.4 Å². The summed E-state index contributed by atoms with van der Waals surface area (Å²) in [4.78, 5) is 23.2. The van der Waals surface area contributed by atoms with Gasteiger partial charge in [0.1, 0.15) is 0 Å². The maximum atomic E-state index is 7.75. The van der Waals surface area contributed by atoms with Crippen LogP contribution in [0.15, 0.2) is 0 Å². The molecule has 0 aliphatic heterocycles. The topological polar surface area (TPSA) is 51.2 Å². The van der Waals surface area contributed by atoms with E-state index in [0.717, 1.165) is 0 Å². The van der Waals surface area contributed by atoms with E-state index in [1.54, 1.807) is 0 Å². The van der Waals surface area contributed by atoms with E-state index >= 15 is 0 Å². The number of rotatable bonds is 0. The van der Waals surface area contributed by atoms with Gasteiger partial charge in [0.2, 0.25) is 0 Å². The van der Waals surface area contributed by atoms with E-state index < -0.39 is 0 Å². The third-order valence-corrected chi connectivity index (χ3v) is 0. The van der Waals surface area contributed by atoms with Gasteiger partial charge in [-0.25, -0.2) is 0 Å². The predicted molar refractivity (Wildman–Crippen MR) is 152 cm³/mol. The molecule has 24 heavy (non-hydrogen) atoms. The molecule has 6 atom stereocenters. The van der Waals surface area contributed by atoms with E-state index in [1.165, 1.54) is 0 Å². The van der Waals surface area contributed by atoms with Crippen LogP contribution in [0, 0.1) is 44.6 Å². The molecule has 0 aromatic heterocycles. The van der Waals surface area contributed by atoms with Crippen molar-refractivity contribution in [2.45, 2.75) is 0 Å². The van der Waals surface area contributed by atoms with Crippen molar-refractivity contribution in [2.24, 2.45) is 0 Å². The summed E-state index contributed by atoms with van der Waals surface area (Å²) in [6.07, 6.45) is 0. The molecule has 0 radical (unpaired) electrons. The number of thiol groups is 3. The molecule has 0 aliphatic rings. The van der Waals surface area contributed by atoms with Crippen LogP contribution in [0.2, 0.25) is 0 Å². The van der Waals surface area contributed by atoms with Gasteiger partial charge in [-0.05, 0) is 0 Å². The fraction of sp³-hybridized carbons (Fsp3) is 0. The standard InChI is InChI=1S/3CHO.6CH3.6H3P.3Ru.3H2S/c3*1-2;;;;;;;;;;;;;;;;;;/h3*1H;12*1H3;;;;3*1H2/q9*-1;;;;;;;3*+4;;;/p-3. The average Bonchev–Trinajstić information content (AvgIpc) is 1.81. The van der Waals surface area contributed by atoms with E-state index in [2.05, 4.69) is 20.4 Å². The molecule has 0 aromatic carbocycles. The molecule has 3 nitrogen and oxygen atoms in total. The summed E-state index contributed by atoms with van der Waals surface area (Å²) in [5.41, 5.74) is 0. The van der Waals surface area contributed by atoms with Gasteiger partial charge in [-0.3, -0.25) is 20.4 Å². The molecule has 0 heterocycles. The van der Waals surface area contributed by atoms with Gasteiger partial charge in [0.05, 0.1) is 0 Å². The summed E-state index contributed by atoms with van der Waals surface area (Å²) in [5, 5.41) is 0. The summed E-state index contributed by atoms with van der Waals surface area (Å²) in [7, 11) is 0. The van der Waals surface area contributed by atoms with Crippen molar-refractivity contribution in [1.29, 1.82) is 0 Å². The Labute approximate surface area is 235 Å². The minimum Gasteiger partial charge on any atom is -0.813 e. The Morgan fingerprint density at radius 1 is 0.292 bits per heavy atom. The van der Waals surface area contributed by atoms with Crippen molar-refractivity contribution in [1.82, 2.24) is 0 Å². The Kier molecular flexibility index (Phi) is 15200. The van der Waals surface area contributed by atoms with Crippen molar-refractivity contribution in [3.05, 3.63) is 44.6 Å². The van der Waals surface area contributed by atoms with Crippen LogP contribution in [0.4, 0.5) is 0 Å². The molecule has 6 unspecified atom stereocenters. The molecule has 0 saturated heterocycles. The molecule has 0 bridgehead atoms. The third kappa shape index (κ3) is 848. The van der Waals surface area contributed by atoms with Crippen molar-refractivity contribution < 1.29 is 72.8 Å². The Hall–Kier alpha value is 4.51. The zero-order valence-corrected chi connectivity index (χ0v) is 32.0. The van der Waals surface area contributed by atoms with Gasteiger partial charge in [0, 0.05) is 0 Å². The van der Waals surface area contributed by atoms with Crippen LogP contribution >= 0.6 is 59.4 Å². The first-order valence-electron chi connectivity index (χ1n) is 0.707. The SMILES string of the molecule is P.P.P.P.P.P.[CH-]=O.[CH-]=O.[CH-]=O.[CH3-].[CH3-].[CH3-].[CH3-].[CH3-].[CH3-].[Ru+4].[Ru+4].[Ru+4].[SH-].[SH-].[SH-]. The van der Waals surface area contributed by atoms with Gasteiger partial charge in [-0.2, -0.15) is 59.4 Å². The van der Waals surface area contributed by atoms with Gasteiger partial charge >= 0.3 is 58.4 Å². The van der Waals surface area contributed by atoms with Gasteiger partial charge in [-0.15, -0.1) is 0 Å². The van der Waals surface area contributed by atoms with Crippen LogP contribution in [-0.2, 0) is 113 Å². The van der Waals surface area contributed by atoms with Crippen LogP contribution < -0.4 is 0 Å². The molecule has 0 aliphatic carbocycles. The Morgan fingerprint density at radius 2 is 0.292 bits per heavy atom. The summed E-state index contributed by atoms with van der Waals surface area (Å²) < 4.78 is 0. The zero-order valence-electron chi connectivity index (χ0n) is 15.6. The summed E-state index contributed by atoms with van der Waals surface area (Å²) in [6.45, 7) is 9.75. The van der Waals surface area contributed by atoms with Crippen molar-refractivity contribution in [2.75, 3.05) is 0 Å². The Morgan fingerprint density at radius 3 is 0.292 bits per heavy atom. The van der Waals surface area contributed by atoms with Gasteiger partial charge < -0.3 is 99.4 Å². The number of hydrogen-bond donors (Lipinski definition) is 0. The Bertz CT molecular complexity index is 56.5. The van der Waals surface area contributed by atoms with E-state index in [-0.39, 0.29) is 203 Å². The average molecular weight is 784 g/mol. The van der Waals surface area contributed by atoms with Gasteiger partial charge in [-0.1, -0.05) is 0 Å². The number of carbonyl (C=O) groups excluding carboxylic acids is 3. The van der Waals surface area contributed by atoms with E-state index in [0.29, 0.717) is 0 Å². The molecule has 0 spiro atoms. The van der Waals surface area contributed by atoms with Crippen LogP contribution in [-0.4, -0.2) is 20.4 Å². The first kappa shape index (κ1) is 383. The monoisotopic (exact) mass is 786 g/mol. The molecule has 0 rings (SSSR count). The second-order valence-corrected chi connectivity index (χ2v) is 0. The smallest absolute Gasteiger partial charge is 0.813 e. The first-order chi connectivity index (χ1) is 3.00.